The number of rotatable bonds is 4. The molecule has 0 radical (unpaired) electrons. The van der Waals surface area contributed by atoms with Crippen LogP contribution in [0.2, 0.25) is 5.02 Å². The van der Waals surface area contributed by atoms with Crippen LogP contribution in [-0.2, 0) is 6.54 Å². The first-order chi connectivity index (χ1) is 9.22. The first-order valence-electron chi connectivity index (χ1n) is 6.12. The second-order valence-corrected chi connectivity index (χ2v) is 4.90. The third-order valence-electron chi connectivity index (χ3n) is 3.02. The van der Waals surface area contributed by atoms with E-state index < -0.39 is 0 Å². The Balaban J connectivity index is 1.71. The fourth-order valence-electron chi connectivity index (χ4n) is 2.00. The zero-order valence-corrected chi connectivity index (χ0v) is 11.3. The fourth-order valence-corrected chi connectivity index (χ4v) is 2.17. The number of nitrogens with one attached hydrogen (secondary N) is 1. The summed E-state index contributed by atoms with van der Waals surface area (Å²) in [5.74, 6) is 0.923. The zero-order chi connectivity index (χ0) is 13.2. The summed E-state index contributed by atoms with van der Waals surface area (Å²) in [6, 6.07) is 7.75. The predicted octanol–water partition coefficient (Wildman–Crippen LogP) is 3.43. The van der Waals surface area contributed by atoms with Gasteiger partial charge in [0.15, 0.2) is 0 Å². The number of hydrogen-bond donors (Lipinski definition) is 1. The van der Waals surface area contributed by atoms with E-state index in [4.69, 9.17) is 16.0 Å². The average molecular weight is 276 g/mol. The molecule has 1 atom stereocenters. The maximum atomic E-state index is 5.95. The van der Waals surface area contributed by atoms with E-state index >= 15 is 0 Å². The maximum absolute atomic E-state index is 5.95. The van der Waals surface area contributed by atoms with Crippen LogP contribution in [-0.4, -0.2) is 9.38 Å². The summed E-state index contributed by atoms with van der Waals surface area (Å²) in [6.07, 6.45) is 5.51. The highest BCUT2D eigenvalue weighted by Crippen LogP contribution is 2.14. The summed E-state index contributed by atoms with van der Waals surface area (Å²) in [7, 11) is 0. The minimum Gasteiger partial charge on any atom is -0.468 e. The Morgan fingerprint density at radius 2 is 2.26 bits per heavy atom. The molecule has 0 saturated carbocycles. The number of nitrogens with zero attached hydrogens (tertiary/aromatic N) is 2. The molecule has 0 aliphatic carbocycles. The highest BCUT2D eigenvalue weighted by Gasteiger charge is 2.08. The van der Waals surface area contributed by atoms with Crippen molar-refractivity contribution in [2.45, 2.75) is 19.5 Å². The zero-order valence-electron chi connectivity index (χ0n) is 10.5. The highest BCUT2D eigenvalue weighted by atomic mass is 35.5. The van der Waals surface area contributed by atoms with Gasteiger partial charge in [-0.1, -0.05) is 11.6 Å². The molecule has 3 rings (SSSR count). The van der Waals surface area contributed by atoms with Crippen LogP contribution in [0.3, 0.4) is 0 Å². The lowest BCUT2D eigenvalue weighted by atomic mass is 10.2. The number of fused-ring (bicyclic) bond motifs is 1. The Hall–Kier alpha value is -1.78. The highest BCUT2D eigenvalue weighted by molar-refractivity contribution is 6.30. The van der Waals surface area contributed by atoms with Crippen molar-refractivity contribution in [3.8, 4) is 0 Å². The average Bonchev–Trinajstić information content (AvgIpc) is 3.04. The normalized spacial score (nSPS) is 12.9. The first-order valence-corrected chi connectivity index (χ1v) is 6.50. The molecule has 4 nitrogen and oxygen atoms in total. The summed E-state index contributed by atoms with van der Waals surface area (Å²) < 4.78 is 7.28. The van der Waals surface area contributed by atoms with Crippen molar-refractivity contribution in [1.82, 2.24) is 14.7 Å². The van der Waals surface area contributed by atoms with Crippen molar-refractivity contribution in [1.29, 1.82) is 0 Å². The number of halogens is 1. The molecular weight excluding hydrogens is 262 g/mol. The first kappa shape index (κ1) is 12.3. The molecule has 1 N–H and O–H groups in total. The second-order valence-electron chi connectivity index (χ2n) is 4.46. The molecule has 0 saturated heterocycles. The molecule has 5 heteroatoms. The molecule has 3 aromatic heterocycles. The van der Waals surface area contributed by atoms with Crippen LogP contribution in [0.15, 0.2) is 47.3 Å². The lowest BCUT2D eigenvalue weighted by molar-refractivity contribution is 0.429. The van der Waals surface area contributed by atoms with Gasteiger partial charge in [0.1, 0.15) is 11.4 Å². The van der Waals surface area contributed by atoms with E-state index in [9.17, 15) is 0 Å². The Kier molecular flexibility index (Phi) is 3.27. The largest absolute Gasteiger partial charge is 0.468 e. The van der Waals surface area contributed by atoms with Crippen molar-refractivity contribution in [2.24, 2.45) is 0 Å². The van der Waals surface area contributed by atoms with E-state index in [1.807, 2.05) is 41.1 Å². The van der Waals surface area contributed by atoms with Crippen LogP contribution in [0.1, 0.15) is 24.4 Å². The van der Waals surface area contributed by atoms with Crippen LogP contribution >= 0.6 is 11.6 Å². The van der Waals surface area contributed by atoms with Gasteiger partial charge in [0, 0.05) is 18.9 Å². The Bertz CT molecular complexity index is 675. The monoisotopic (exact) mass is 275 g/mol. The van der Waals surface area contributed by atoms with E-state index in [2.05, 4.69) is 17.2 Å². The second kappa shape index (κ2) is 5.07. The SMILES string of the molecule is C[C@H](NCc1cn2cc(Cl)ccc2n1)c1ccco1. The molecule has 0 fully saturated rings. The Morgan fingerprint density at radius 1 is 1.37 bits per heavy atom. The lowest BCUT2D eigenvalue weighted by Gasteiger charge is -2.09. The van der Waals surface area contributed by atoms with Crippen molar-refractivity contribution in [2.75, 3.05) is 0 Å². The van der Waals surface area contributed by atoms with Crippen LogP contribution < -0.4 is 5.32 Å². The molecule has 0 unspecified atom stereocenters. The topological polar surface area (TPSA) is 42.5 Å². The molecule has 0 bridgehead atoms. The van der Waals surface area contributed by atoms with E-state index in [1.54, 1.807) is 6.26 Å². The lowest BCUT2D eigenvalue weighted by Crippen LogP contribution is -2.17. The van der Waals surface area contributed by atoms with Crippen LogP contribution in [0.4, 0.5) is 0 Å². The van der Waals surface area contributed by atoms with Gasteiger partial charge in [-0.25, -0.2) is 4.98 Å². The minimum atomic E-state index is 0.156. The van der Waals surface area contributed by atoms with Gasteiger partial charge in [0.05, 0.1) is 23.0 Å². The van der Waals surface area contributed by atoms with Gasteiger partial charge < -0.3 is 14.1 Å². The van der Waals surface area contributed by atoms with E-state index in [0.29, 0.717) is 11.6 Å². The summed E-state index contributed by atoms with van der Waals surface area (Å²) in [5.41, 5.74) is 1.87. The number of imidazole rings is 1. The smallest absolute Gasteiger partial charge is 0.137 e. The van der Waals surface area contributed by atoms with Gasteiger partial charge in [0.25, 0.3) is 0 Å². The maximum Gasteiger partial charge on any atom is 0.137 e. The Morgan fingerprint density at radius 3 is 3.05 bits per heavy atom. The molecule has 19 heavy (non-hydrogen) atoms. The number of furan rings is 1. The van der Waals surface area contributed by atoms with Gasteiger partial charge in [-0.3, -0.25) is 0 Å². The molecule has 98 valence electrons. The minimum absolute atomic E-state index is 0.156. The van der Waals surface area contributed by atoms with Gasteiger partial charge >= 0.3 is 0 Å². The van der Waals surface area contributed by atoms with Crippen LogP contribution in [0, 0.1) is 0 Å². The summed E-state index contributed by atoms with van der Waals surface area (Å²) in [4.78, 5) is 4.52. The molecule has 0 spiro atoms. The standard InChI is InChI=1S/C14H14ClN3O/c1-10(13-3-2-6-19-13)16-7-12-9-18-8-11(15)4-5-14(18)17-12/h2-6,8-10,16H,7H2,1H3/t10-/m0/s1. The predicted molar refractivity (Wildman–Crippen MR) is 74.2 cm³/mol. The third kappa shape index (κ3) is 2.64. The van der Waals surface area contributed by atoms with Gasteiger partial charge in [-0.2, -0.15) is 0 Å². The molecule has 0 amide bonds. The van der Waals surface area contributed by atoms with Crippen molar-refractivity contribution in [3.05, 3.63) is 59.4 Å². The molecule has 3 aromatic rings. The van der Waals surface area contributed by atoms with E-state index in [-0.39, 0.29) is 6.04 Å². The van der Waals surface area contributed by atoms with Gasteiger partial charge in [-0.05, 0) is 31.2 Å². The summed E-state index contributed by atoms with van der Waals surface area (Å²) in [6.45, 7) is 2.74. The molecule has 3 heterocycles. The van der Waals surface area contributed by atoms with Crippen LogP contribution in [0.5, 0.6) is 0 Å². The van der Waals surface area contributed by atoms with E-state index in [1.165, 1.54) is 0 Å². The summed E-state index contributed by atoms with van der Waals surface area (Å²) in [5, 5.41) is 4.08. The van der Waals surface area contributed by atoms with E-state index in [0.717, 1.165) is 17.1 Å². The molecule has 0 aliphatic rings. The van der Waals surface area contributed by atoms with Gasteiger partial charge in [-0.15, -0.1) is 0 Å². The fraction of sp³-hybridized carbons (Fsp3) is 0.214. The van der Waals surface area contributed by atoms with Gasteiger partial charge in [0.2, 0.25) is 0 Å². The molecular formula is C14H14ClN3O. The van der Waals surface area contributed by atoms with Crippen LogP contribution in [0.25, 0.3) is 5.65 Å². The van der Waals surface area contributed by atoms with Crippen molar-refractivity contribution in [3.63, 3.8) is 0 Å². The number of hydrogen-bond acceptors (Lipinski definition) is 3. The third-order valence-corrected chi connectivity index (χ3v) is 3.25. The molecule has 0 aromatic carbocycles. The quantitative estimate of drug-likeness (QED) is 0.793. The Labute approximate surface area is 116 Å². The number of pyridine rings is 1. The van der Waals surface area contributed by atoms with Crippen molar-refractivity contribution >= 4 is 17.2 Å². The molecule has 0 aliphatic heterocycles. The number of aromatic nitrogens is 2. The summed E-state index contributed by atoms with van der Waals surface area (Å²) >= 11 is 5.95. The van der Waals surface area contributed by atoms with Crippen molar-refractivity contribution < 1.29 is 4.42 Å².